The van der Waals surface area contributed by atoms with E-state index in [2.05, 4.69) is 0 Å². The predicted molar refractivity (Wildman–Crippen MR) is 119 cm³/mol. The normalized spacial score (nSPS) is 19.3. The number of hydrogen-bond acceptors (Lipinski definition) is 3. The van der Waals surface area contributed by atoms with Gasteiger partial charge in [-0.1, -0.05) is 67.8 Å². The second-order valence-corrected chi connectivity index (χ2v) is 8.02. The topological polar surface area (TPSA) is 32.8 Å². The van der Waals surface area contributed by atoms with E-state index in [4.69, 9.17) is 17.0 Å². The van der Waals surface area contributed by atoms with E-state index in [-0.39, 0.29) is 11.9 Å². The maximum atomic E-state index is 13.2. The van der Waals surface area contributed by atoms with Gasteiger partial charge in [-0.3, -0.25) is 9.69 Å². The zero-order chi connectivity index (χ0) is 20.2. The Balaban J connectivity index is 1.57. The van der Waals surface area contributed by atoms with Crippen LogP contribution in [0.4, 0.5) is 0 Å². The van der Waals surface area contributed by atoms with Crippen molar-refractivity contribution in [1.29, 1.82) is 0 Å². The average molecular weight is 407 g/mol. The molecular weight excluding hydrogens is 380 g/mol. The number of amides is 1. The fourth-order valence-electron chi connectivity index (χ4n) is 4.05. The Bertz CT molecular complexity index is 919. The third-order valence-electron chi connectivity index (χ3n) is 5.68. The van der Waals surface area contributed by atoms with Crippen molar-refractivity contribution in [3.63, 3.8) is 0 Å². The molecule has 0 spiro atoms. The van der Waals surface area contributed by atoms with Gasteiger partial charge in [-0.25, -0.2) is 0 Å². The van der Waals surface area contributed by atoms with Crippen LogP contribution in [0.25, 0.3) is 6.08 Å². The molecule has 4 rings (SSSR count). The van der Waals surface area contributed by atoms with E-state index in [0.717, 1.165) is 42.6 Å². The van der Waals surface area contributed by atoms with E-state index in [9.17, 15) is 4.79 Å². The van der Waals surface area contributed by atoms with Crippen LogP contribution >= 0.6 is 12.2 Å². The molecule has 0 atom stereocenters. The van der Waals surface area contributed by atoms with Gasteiger partial charge in [0.1, 0.15) is 18.1 Å². The highest BCUT2D eigenvalue weighted by Crippen LogP contribution is 2.32. The van der Waals surface area contributed by atoms with Crippen molar-refractivity contribution in [2.45, 2.75) is 44.8 Å². The number of hydrogen-bond donors (Lipinski definition) is 0. The van der Waals surface area contributed by atoms with Gasteiger partial charge < -0.3 is 9.64 Å². The zero-order valence-corrected chi connectivity index (χ0v) is 17.5. The van der Waals surface area contributed by atoms with Gasteiger partial charge in [0.15, 0.2) is 5.11 Å². The number of benzene rings is 2. The van der Waals surface area contributed by atoms with E-state index in [1.54, 1.807) is 0 Å². The van der Waals surface area contributed by atoms with Gasteiger partial charge in [0.05, 0.1) is 0 Å². The van der Waals surface area contributed by atoms with Crippen molar-refractivity contribution in [3.05, 3.63) is 71.4 Å². The summed E-state index contributed by atoms with van der Waals surface area (Å²) in [5, 5.41) is 0.607. The number of thiocarbonyl (C=S) groups is 1. The molecule has 1 aliphatic carbocycles. The van der Waals surface area contributed by atoms with Crippen LogP contribution in [-0.2, 0) is 11.4 Å². The summed E-state index contributed by atoms with van der Waals surface area (Å²) in [6.45, 7) is 0.484. The lowest BCUT2D eigenvalue weighted by molar-refractivity contribution is -0.124. The lowest BCUT2D eigenvalue weighted by Gasteiger charge is -2.30. The van der Waals surface area contributed by atoms with Crippen LogP contribution in [0.5, 0.6) is 5.75 Å². The predicted octanol–water partition coefficient (Wildman–Crippen LogP) is 5.00. The number of carbonyl (C=O) groups is 1. The van der Waals surface area contributed by atoms with Crippen molar-refractivity contribution >= 4 is 29.3 Å². The van der Waals surface area contributed by atoms with E-state index in [1.165, 1.54) is 6.42 Å². The minimum Gasteiger partial charge on any atom is -0.488 e. The Kier molecular flexibility index (Phi) is 5.95. The van der Waals surface area contributed by atoms with Crippen molar-refractivity contribution < 1.29 is 9.53 Å². The molecule has 29 heavy (non-hydrogen) atoms. The molecule has 0 radical (unpaired) electrons. The lowest BCUT2D eigenvalue weighted by Crippen LogP contribution is -2.41. The fourth-order valence-corrected chi connectivity index (χ4v) is 4.38. The molecule has 2 fully saturated rings. The minimum absolute atomic E-state index is 0.00209. The monoisotopic (exact) mass is 406 g/mol. The van der Waals surface area contributed by atoms with Crippen molar-refractivity contribution in [1.82, 2.24) is 9.80 Å². The van der Waals surface area contributed by atoms with E-state index < -0.39 is 0 Å². The maximum absolute atomic E-state index is 13.2. The van der Waals surface area contributed by atoms with Crippen molar-refractivity contribution in [3.8, 4) is 5.75 Å². The second-order valence-electron chi connectivity index (χ2n) is 7.65. The van der Waals surface area contributed by atoms with Crippen LogP contribution in [0.3, 0.4) is 0 Å². The molecule has 0 bridgehead atoms. The highest BCUT2D eigenvalue weighted by Gasteiger charge is 2.40. The molecule has 1 saturated carbocycles. The molecule has 1 amide bonds. The van der Waals surface area contributed by atoms with Gasteiger partial charge in [0.2, 0.25) is 0 Å². The molecule has 1 aliphatic heterocycles. The summed E-state index contributed by atoms with van der Waals surface area (Å²) < 4.78 is 6.05. The summed E-state index contributed by atoms with van der Waals surface area (Å²) in [7, 11) is 1.88. The number of nitrogens with zero attached hydrogens (tertiary/aromatic N) is 2. The van der Waals surface area contributed by atoms with E-state index in [0.29, 0.717) is 17.4 Å². The quantitative estimate of drug-likeness (QED) is 0.517. The number of rotatable bonds is 5. The van der Waals surface area contributed by atoms with E-state index in [1.807, 2.05) is 77.5 Å². The largest absolute Gasteiger partial charge is 0.488 e. The summed E-state index contributed by atoms with van der Waals surface area (Å²) in [6.07, 6.45) is 7.53. The molecule has 0 unspecified atom stereocenters. The molecule has 5 heteroatoms. The molecular formula is C24H26N2O2S. The van der Waals surface area contributed by atoms with Gasteiger partial charge in [0.25, 0.3) is 5.91 Å². The molecule has 2 aromatic carbocycles. The molecule has 1 heterocycles. The van der Waals surface area contributed by atoms with Crippen LogP contribution in [-0.4, -0.2) is 33.9 Å². The first-order chi connectivity index (χ1) is 14.1. The summed E-state index contributed by atoms with van der Waals surface area (Å²) >= 11 is 5.62. The molecule has 150 valence electrons. The molecule has 0 aromatic heterocycles. The second kappa shape index (κ2) is 8.78. The Hall–Kier alpha value is -2.66. The molecule has 2 aromatic rings. The maximum Gasteiger partial charge on any atom is 0.277 e. The zero-order valence-electron chi connectivity index (χ0n) is 16.7. The van der Waals surface area contributed by atoms with Gasteiger partial charge in [-0.15, -0.1) is 0 Å². The SMILES string of the molecule is CN1C(=S)N(C2CCCCC2)C(=O)/C1=C/c1ccccc1OCc1ccccc1. The first kappa shape index (κ1) is 19.6. The molecule has 1 saturated heterocycles. The third kappa shape index (κ3) is 4.20. The number of para-hydroxylation sites is 1. The Labute approximate surface area is 177 Å². The summed E-state index contributed by atoms with van der Waals surface area (Å²) in [5.41, 5.74) is 2.59. The van der Waals surface area contributed by atoms with Gasteiger partial charge in [-0.2, -0.15) is 0 Å². The first-order valence-electron chi connectivity index (χ1n) is 10.2. The van der Waals surface area contributed by atoms with Crippen LogP contribution in [0, 0.1) is 0 Å². The Morgan fingerprint density at radius 1 is 1.03 bits per heavy atom. The number of likely N-dealkylation sites (N-methyl/N-ethyl adjacent to an activating group) is 1. The summed E-state index contributed by atoms with van der Waals surface area (Å²) in [4.78, 5) is 16.9. The van der Waals surface area contributed by atoms with Crippen molar-refractivity contribution in [2.24, 2.45) is 0 Å². The molecule has 0 N–H and O–H groups in total. The van der Waals surface area contributed by atoms with Gasteiger partial charge in [-0.05, 0) is 42.8 Å². The van der Waals surface area contributed by atoms with Gasteiger partial charge in [0, 0.05) is 18.7 Å². The minimum atomic E-state index is 0.00209. The van der Waals surface area contributed by atoms with Gasteiger partial charge >= 0.3 is 0 Å². The fraction of sp³-hybridized carbons (Fsp3) is 0.333. The lowest BCUT2D eigenvalue weighted by atomic mass is 9.94. The smallest absolute Gasteiger partial charge is 0.277 e. The molecule has 2 aliphatic rings. The highest BCUT2D eigenvalue weighted by atomic mass is 32.1. The summed E-state index contributed by atoms with van der Waals surface area (Å²) in [5.74, 6) is 0.759. The first-order valence-corrected chi connectivity index (χ1v) is 10.6. The number of carbonyl (C=O) groups excluding carboxylic acids is 1. The van der Waals surface area contributed by atoms with E-state index >= 15 is 0 Å². The summed E-state index contributed by atoms with van der Waals surface area (Å²) in [6, 6.07) is 18.1. The average Bonchev–Trinajstić information content (AvgIpc) is 2.97. The highest BCUT2D eigenvalue weighted by molar-refractivity contribution is 7.80. The molecule has 4 nitrogen and oxygen atoms in total. The standard InChI is InChI=1S/C24H26N2O2S/c1-25-21(23(27)26(24(25)29)20-13-6-3-7-14-20)16-19-12-8-9-15-22(19)28-17-18-10-4-2-5-11-18/h2,4-5,8-12,15-16,20H,3,6-7,13-14,17H2,1H3/b21-16-. The number of ether oxygens (including phenoxy) is 1. The van der Waals surface area contributed by atoms with Crippen molar-refractivity contribution in [2.75, 3.05) is 7.05 Å². The Morgan fingerprint density at radius 2 is 1.72 bits per heavy atom. The van der Waals surface area contributed by atoms with Crippen LogP contribution in [0.15, 0.2) is 60.3 Å². The van der Waals surface area contributed by atoms with Crippen LogP contribution < -0.4 is 4.74 Å². The third-order valence-corrected chi connectivity index (χ3v) is 6.15. The Morgan fingerprint density at radius 3 is 2.48 bits per heavy atom. The van der Waals surface area contributed by atoms with Crippen LogP contribution in [0.1, 0.15) is 43.2 Å². The van der Waals surface area contributed by atoms with Crippen LogP contribution in [0.2, 0.25) is 0 Å².